The Balaban J connectivity index is 1.83. The smallest absolute Gasteiger partial charge is 0.144 e. The number of rotatable bonds is 3. The Hall–Kier alpha value is -2.54. The summed E-state index contributed by atoms with van der Waals surface area (Å²) in [5.41, 5.74) is 10.6. The van der Waals surface area contributed by atoms with E-state index in [1.165, 1.54) is 18.4 Å². The third-order valence-corrected chi connectivity index (χ3v) is 3.83. The van der Waals surface area contributed by atoms with Gasteiger partial charge in [0.25, 0.3) is 0 Å². The number of nitrogens with zero attached hydrogens (tertiary/aromatic N) is 2. The predicted molar refractivity (Wildman–Crippen MR) is 83.8 cm³/mol. The van der Waals surface area contributed by atoms with Crippen LogP contribution >= 0.6 is 0 Å². The lowest BCUT2D eigenvalue weighted by molar-refractivity contribution is 0.668. The molecule has 1 aromatic heterocycles. The Morgan fingerprint density at radius 1 is 1.24 bits per heavy atom. The van der Waals surface area contributed by atoms with E-state index in [1.54, 1.807) is 0 Å². The summed E-state index contributed by atoms with van der Waals surface area (Å²) in [6.07, 6.45) is 4.41. The molecule has 0 atom stereocenters. The number of nitrogens with two attached hydrogens (primary N) is 1. The van der Waals surface area contributed by atoms with E-state index in [9.17, 15) is 5.26 Å². The van der Waals surface area contributed by atoms with Gasteiger partial charge in [0.1, 0.15) is 11.9 Å². The van der Waals surface area contributed by atoms with E-state index in [4.69, 9.17) is 5.73 Å². The van der Waals surface area contributed by atoms with Crippen molar-refractivity contribution in [3.63, 3.8) is 0 Å². The molecule has 106 valence electrons. The van der Waals surface area contributed by atoms with Gasteiger partial charge in [0, 0.05) is 17.9 Å². The van der Waals surface area contributed by atoms with E-state index in [1.807, 2.05) is 30.3 Å². The SMILES string of the molecule is N#Cc1cc2c(nc1NCc1cccc(N)c1)CCCC2. The molecule has 4 nitrogen and oxygen atoms in total. The van der Waals surface area contributed by atoms with Crippen molar-refractivity contribution in [2.45, 2.75) is 32.2 Å². The Bertz CT molecular complexity index is 700. The first-order valence-corrected chi connectivity index (χ1v) is 7.27. The van der Waals surface area contributed by atoms with Crippen LogP contribution in [0, 0.1) is 11.3 Å². The molecule has 2 aromatic rings. The maximum absolute atomic E-state index is 9.31. The number of hydrogen-bond acceptors (Lipinski definition) is 4. The van der Waals surface area contributed by atoms with Gasteiger partial charge in [0.2, 0.25) is 0 Å². The molecule has 3 rings (SSSR count). The highest BCUT2D eigenvalue weighted by Crippen LogP contribution is 2.24. The molecule has 0 fully saturated rings. The van der Waals surface area contributed by atoms with Crippen molar-refractivity contribution in [3.05, 3.63) is 52.7 Å². The van der Waals surface area contributed by atoms with Crippen molar-refractivity contribution >= 4 is 11.5 Å². The van der Waals surface area contributed by atoms with Crippen LogP contribution in [0.4, 0.5) is 11.5 Å². The molecular formula is C17H18N4. The van der Waals surface area contributed by atoms with Crippen LogP contribution in [-0.2, 0) is 19.4 Å². The average molecular weight is 278 g/mol. The molecule has 1 heterocycles. The van der Waals surface area contributed by atoms with Gasteiger partial charge in [-0.25, -0.2) is 4.98 Å². The zero-order valence-corrected chi connectivity index (χ0v) is 11.9. The van der Waals surface area contributed by atoms with Gasteiger partial charge >= 0.3 is 0 Å². The molecule has 0 saturated heterocycles. The summed E-state index contributed by atoms with van der Waals surface area (Å²) in [5.74, 6) is 0.681. The van der Waals surface area contributed by atoms with Crippen LogP contribution in [0.5, 0.6) is 0 Å². The van der Waals surface area contributed by atoms with E-state index in [0.717, 1.165) is 29.8 Å². The first-order chi connectivity index (χ1) is 10.3. The van der Waals surface area contributed by atoms with Crippen LogP contribution in [0.25, 0.3) is 0 Å². The number of aromatic nitrogens is 1. The lowest BCUT2D eigenvalue weighted by atomic mass is 9.95. The zero-order chi connectivity index (χ0) is 14.7. The third-order valence-electron chi connectivity index (χ3n) is 3.83. The fraction of sp³-hybridized carbons (Fsp3) is 0.294. The van der Waals surface area contributed by atoms with Crippen LogP contribution < -0.4 is 11.1 Å². The number of aryl methyl sites for hydroxylation is 2. The van der Waals surface area contributed by atoms with Gasteiger partial charge in [0.15, 0.2) is 0 Å². The van der Waals surface area contributed by atoms with Gasteiger partial charge in [-0.3, -0.25) is 0 Å². The fourth-order valence-electron chi connectivity index (χ4n) is 2.74. The summed E-state index contributed by atoms with van der Waals surface area (Å²) >= 11 is 0. The maximum atomic E-state index is 9.31. The summed E-state index contributed by atoms with van der Waals surface area (Å²) in [7, 11) is 0. The van der Waals surface area contributed by atoms with Crippen molar-refractivity contribution in [3.8, 4) is 6.07 Å². The van der Waals surface area contributed by atoms with Gasteiger partial charge in [-0.1, -0.05) is 12.1 Å². The van der Waals surface area contributed by atoms with Crippen molar-refractivity contribution in [1.29, 1.82) is 5.26 Å². The molecule has 0 amide bonds. The quantitative estimate of drug-likeness (QED) is 0.846. The Labute approximate surface area is 124 Å². The van der Waals surface area contributed by atoms with Gasteiger partial charge < -0.3 is 11.1 Å². The highest BCUT2D eigenvalue weighted by atomic mass is 15.0. The highest BCUT2D eigenvalue weighted by Gasteiger charge is 2.14. The number of nitriles is 1. The monoisotopic (exact) mass is 278 g/mol. The molecule has 21 heavy (non-hydrogen) atoms. The summed E-state index contributed by atoms with van der Waals surface area (Å²) in [5, 5.41) is 12.6. The van der Waals surface area contributed by atoms with Crippen molar-refractivity contribution in [2.75, 3.05) is 11.1 Å². The average Bonchev–Trinajstić information content (AvgIpc) is 2.52. The van der Waals surface area contributed by atoms with Gasteiger partial charge in [-0.05, 0) is 55.0 Å². The Morgan fingerprint density at radius 3 is 2.90 bits per heavy atom. The van der Waals surface area contributed by atoms with Crippen LogP contribution in [0.1, 0.15) is 35.2 Å². The van der Waals surface area contributed by atoms with Crippen LogP contribution in [0.3, 0.4) is 0 Å². The minimum Gasteiger partial charge on any atom is -0.399 e. The molecule has 0 aliphatic heterocycles. The summed E-state index contributed by atoms with van der Waals surface area (Å²) in [4.78, 5) is 4.66. The number of nitrogens with one attached hydrogen (secondary N) is 1. The largest absolute Gasteiger partial charge is 0.399 e. The molecule has 0 saturated carbocycles. The number of nitrogen functional groups attached to an aromatic ring is 1. The Morgan fingerprint density at radius 2 is 2.10 bits per heavy atom. The van der Waals surface area contributed by atoms with Crippen molar-refractivity contribution in [2.24, 2.45) is 0 Å². The van der Waals surface area contributed by atoms with E-state index in [2.05, 4.69) is 16.4 Å². The molecule has 0 unspecified atom stereocenters. The fourth-order valence-corrected chi connectivity index (χ4v) is 2.74. The minimum absolute atomic E-state index is 0.617. The maximum Gasteiger partial charge on any atom is 0.144 e. The summed E-state index contributed by atoms with van der Waals surface area (Å²) < 4.78 is 0. The number of pyridine rings is 1. The number of fused-ring (bicyclic) bond motifs is 1. The third kappa shape index (κ3) is 2.97. The van der Waals surface area contributed by atoms with E-state index < -0.39 is 0 Å². The number of anilines is 2. The first-order valence-electron chi connectivity index (χ1n) is 7.27. The van der Waals surface area contributed by atoms with E-state index in [0.29, 0.717) is 17.9 Å². The van der Waals surface area contributed by atoms with E-state index >= 15 is 0 Å². The predicted octanol–water partition coefficient (Wildman–Crippen LogP) is 3.03. The Kier molecular flexibility index (Phi) is 3.74. The highest BCUT2D eigenvalue weighted by molar-refractivity contribution is 5.55. The molecular weight excluding hydrogens is 260 g/mol. The molecule has 3 N–H and O–H groups in total. The number of benzene rings is 1. The molecule has 0 radical (unpaired) electrons. The second-order valence-electron chi connectivity index (χ2n) is 5.41. The van der Waals surface area contributed by atoms with Crippen molar-refractivity contribution < 1.29 is 0 Å². The lowest BCUT2D eigenvalue weighted by Gasteiger charge is -2.17. The second kappa shape index (κ2) is 5.84. The van der Waals surface area contributed by atoms with Gasteiger partial charge in [0.05, 0.1) is 5.56 Å². The molecule has 4 heteroatoms. The molecule has 1 aliphatic rings. The van der Waals surface area contributed by atoms with Crippen molar-refractivity contribution in [1.82, 2.24) is 4.98 Å². The minimum atomic E-state index is 0.617. The lowest BCUT2D eigenvalue weighted by Crippen LogP contribution is -2.10. The van der Waals surface area contributed by atoms with Gasteiger partial charge in [-0.15, -0.1) is 0 Å². The first kappa shape index (κ1) is 13.4. The molecule has 1 aliphatic carbocycles. The standard InChI is InChI=1S/C17H18N4/c18-10-14-9-13-5-1-2-7-16(13)21-17(14)20-11-12-4-3-6-15(19)8-12/h3-4,6,8-9H,1-2,5,7,11,19H2,(H,20,21). The van der Waals surface area contributed by atoms with Crippen LogP contribution in [-0.4, -0.2) is 4.98 Å². The molecule has 0 spiro atoms. The normalized spacial score (nSPS) is 13.3. The second-order valence-corrected chi connectivity index (χ2v) is 5.41. The van der Waals surface area contributed by atoms with Crippen LogP contribution in [0.2, 0.25) is 0 Å². The summed E-state index contributed by atoms with van der Waals surface area (Å²) in [6.45, 7) is 0.617. The van der Waals surface area contributed by atoms with Gasteiger partial charge in [-0.2, -0.15) is 5.26 Å². The zero-order valence-electron chi connectivity index (χ0n) is 11.9. The summed E-state index contributed by atoms with van der Waals surface area (Å²) in [6, 6.07) is 12.0. The van der Waals surface area contributed by atoms with Crippen LogP contribution in [0.15, 0.2) is 30.3 Å². The molecule has 0 bridgehead atoms. The molecule has 1 aromatic carbocycles. The number of hydrogen-bond donors (Lipinski definition) is 2. The topological polar surface area (TPSA) is 74.7 Å². The van der Waals surface area contributed by atoms with E-state index in [-0.39, 0.29) is 0 Å².